The molecule has 1 saturated heterocycles. The van der Waals surface area contributed by atoms with Crippen molar-refractivity contribution in [3.8, 4) is 0 Å². The molecule has 1 aliphatic heterocycles. The van der Waals surface area contributed by atoms with Gasteiger partial charge in [-0.3, -0.25) is 9.59 Å². The lowest BCUT2D eigenvalue weighted by Crippen LogP contribution is -2.45. The van der Waals surface area contributed by atoms with E-state index in [4.69, 9.17) is 21.3 Å². The first-order valence-corrected chi connectivity index (χ1v) is 7.11. The molecule has 1 aliphatic rings. The zero-order valence-corrected chi connectivity index (χ0v) is 13.2. The molecule has 7 nitrogen and oxygen atoms in total. The molecule has 0 aromatic rings. The Morgan fingerprint density at radius 2 is 1.81 bits per heavy atom. The van der Waals surface area contributed by atoms with Crippen LogP contribution in [-0.4, -0.2) is 49.3 Å². The van der Waals surface area contributed by atoms with E-state index in [0.717, 1.165) is 45.2 Å². The Bertz CT molecular complexity index is 274. The lowest BCUT2D eigenvalue weighted by Gasteiger charge is -2.20. The number of carbonyl (C=O) groups is 2. The van der Waals surface area contributed by atoms with Crippen LogP contribution >= 0.6 is 12.4 Å². The number of carbonyl (C=O) groups excluding carboxylic acids is 1. The molecule has 6 N–H and O–H groups in total. The summed E-state index contributed by atoms with van der Waals surface area (Å²) >= 11 is 0. The number of halogens is 1. The SMILES string of the molecule is Cl.NC(=O)C1CNCCO1.NCCCCCCCC(=O)O. The first kappa shape index (κ1) is 22.4. The van der Waals surface area contributed by atoms with Gasteiger partial charge in [0.1, 0.15) is 6.10 Å². The topological polar surface area (TPSA) is 128 Å². The van der Waals surface area contributed by atoms with Gasteiger partial charge < -0.3 is 26.6 Å². The van der Waals surface area contributed by atoms with Gasteiger partial charge in [0, 0.05) is 19.5 Å². The number of rotatable bonds is 8. The molecule has 0 aromatic carbocycles. The molecule has 1 heterocycles. The van der Waals surface area contributed by atoms with Crippen molar-refractivity contribution < 1.29 is 19.4 Å². The highest BCUT2D eigenvalue weighted by atomic mass is 35.5. The highest BCUT2D eigenvalue weighted by Gasteiger charge is 2.17. The van der Waals surface area contributed by atoms with Crippen molar-refractivity contribution in [2.24, 2.45) is 11.5 Å². The van der Waals surface area contributed by atoms with Gasteiger partial charge in [0.25, 0.3) is 0 Å². The molecule has 1 amide bonds. The molecule has 0 spiro atoms. The molecule has 0 saturated carbocycles. The fourth-order valence-electron chi connectivity index (χ4n) is 1.70. The van der Waals surface area contributed by atoms with Crippen molar-refractivity contribution in [3.63, 3.8) is 0 Å². The molecular weight excluding hydrogens is 298 g/mol. The van der Waals surface area contributed by atoms with Crippen LogP contribution in [0.15, 0.2) is 0 Å². The average molecular weight is 326 g/mol. The second kappa shape index (κ2) is 15.5. The summed E-state index contributed by atoms with van der Waals surface area (Å²) < 4.78 is 5.00. The summed E-state index contributed by atoms with van der Waals surface area (Å²) in [5.74, 6) is -1.08. The molecule has 0 radical (unpaired) electrons. The Labute approximate surface area is 132 Å². The number of carboxylic acids is 1. The summed E-state index contributed by atoms with van der Waals surface area (Å²) in [4.78, 5) is 20.5. The van der Waals surface area contributed by atoms with E-state index >= 15 is 0 Å². The number of aliphatic carboxylic acids is 1. The number of ether oxygens (including phenoxy) is 1. The Balaban J connectivity index is 0. The molecule has 0 aromatic heterocycles. The highest BCUT2D eigenvalue weighted by molar-refractivity contribution is 5.85. The molecule has 1 atom stereocenters. The molecule has 0 bridgehead atoms. The molecule has 0 aliphatic carbocycles. The highest BCUT2D eigenvalue weighted by Crippen LogP contribution is 2.04. The standard InChI is InChI=1S/C8H17NO2.C5H10N2O2.ClH/c9-7-5-3-1-2-4-6-8(10)11;6-5(8)4-3-7-1-2-9-4;/h1-7,9H2,(H,10,11);4,7H,1-3H2,(H2,6,8);1H. The minimum atomic E-state index is -0.691. The summed E-state index contributed by atoms with van der Waals surface area (Å²) in [6.07, 6.45) is 5.03. The third kappa shape index (κ3) is 15.3. The zero-order chi connectivity index (χ0) is 15.2. The Morgan fingerprint density at radius 1 is 1.19 bits per heavy atom. The molecule has 1 fully saturated rings. The number of nitrogens with one attached hydrogen (secondary N) is 1. The maximum Gasteiger partial charge on any atom is 0.303 e. The van der Waals surface area contributed by atoms with E-state index in [1.165, 1.54) is 0 Å². The third-order valence-electron chi connectivity index (χ3n) is 2.84. The van der Waals surface area contributed by atoms with Gasteiger partial charge in [0.05, 0.1) is 6.61 Å². The first-order valence-electron chi connectivity index (χ1n) is 7.11. The van der Waals surface area contributed by atoms with Gasteiger partial charge in [-0.15, -0.1) is 12.4 Å². The number of morpholine rings is 1. The molecule has 8 heteroatoms. The second-order valence-corrected chi connectivity index (χ2v) is 4.67. The summed E-state index contributed by atoms with van der Waals surface area (Å²) in [7, 11) is 0. The van der Waals surface area contributed by atoms with Gasteiger partial charge in [-0.2, -0.15) is 0 Å². The van der Waals surface area contributed by atoms with Crippen molar-refractivity contribution in [1.82, 2.24) is 5.32 Å². The quantitative estimate of drug-likeness (QED) is 0.474. The number of nitrogens with two attached hydrogens (primary N) is 2. The van der Waals surface area contributed by atoms with Crippen LogP contribution in [0.5, 0.6) is 0 Å². The van der Waals surface area contributed by atoms with Crippen LogP contribution in [0.4, 0.5) is 0 Å². The number of hydrogen-bond acceptors (Lipinski definition) is 5. The summed E-state index contributed by atoms with van der Waals surface area (Å²) in [5.41, 5.74) is 10.3. The van der Waals surface area contributed by atoms with Gasteiger partial charge in [-0.25, -0.2) is 0 Å². The first-order chi connectivity index (χ1) is 9.57. The monoisotopic (exact) mass is 325 g/mol. The fourth-order valence-corrected chi connectivity index (χ4v) is 1.70. The fraction of sp³-hybridized carbons (Fsp3) is 0.846. The van der Waals surface area contributed by atoms with Crippen molar-refractivity contribution in [2.45, 2.75) is 44.6 Å². The van der Waals surface area contributed by atoms with E-state index in [2.05, 4.69) is 5.32 Å². The maximum absolute atomic E-state index is 10.4. The predicted octanol–water partition coefficient (Wildman–Crippen LogP) is 0.252. The normalized spacial score (nSPS) is 17.1. The van der Waals surface area contributed by atoms with E-state index < -0.39 is 12.1 Å². The largest absolute Gasteiger partial charge is 0.481 e. The number of hydrogen-bond donors (Lipinski definition) is 4. The van der Waals surface area contributed by atoms with Gasteiger partial charge >= 0.3 is 5.97 Å². The van der Waals surface area contributed by atoms with Gasteiger partial charge in [-0.05, 0) is 19.4 Å². The molecule has 21 heavy (non-hydrogen) atoms. The number of amides is 1. The molecule has 1 unspecified atom stereocenters. The number of carboxylic acid groups (broad SMARTS) is 1. The van der Waals surface area contributed by atoms with E-state index in [1.54, 1.807) is 0 Å². The molecular formula is C13H28ClN3O4. The minimum Gasteiger partial charge on any atom is -0.481 e. The molecule has 1 rings (SSSR count). The van der Waals surface area contributed by atoms with Crippen LogP contribution in [-0.2, 0) is 14.3 Å². The summed E-state index contributed by atoms with van der Waals surface area (Å²) in [6.45, 7) is 2.69. The lowest BCUT2D eigenvalue weighted by atomic mass is 10.1. The Hall–Kier alpha value is -0.890. The van der Waals surface area contributed by atoms with E-state index in [9.17, 15) is 9.59 Å². The van der Waals surface area contributed by atoms with Crippen LogP contribution in [0.2, 0.25) is 0 Å². The minimum absolute atomic E-state index is 0. The molecule has 126 valence electrons. The summed E-state index contributed by atoms with van der Waals surface area (Å²) in [5, 5.41) is 11.3. The van der Waals surface area contributed by atoms with Crippen LogP contribution < -0.4 is 16.8 Å². The van der Waals surface area contributed by atoms with E-state index in [0.29, 0.717) is 19.6 Å². The zero-order valence-electron chi connectivity index (χ0n) is 12.4. The van der Waals surface area contributed by atoms with Crippen molar-refractivity contribution in [2.75, 3.05) is 26.2 Å². The number of primary amides is 1. The van der Waals surface area contributed by atoms with Crippen LogP contribution in [0.3, 0.4) is 0 Å². The van der Waals surface area contributed by atoms with Gasteiger partial charge in [-0.1, -0.05) is 19.3 Å². The second-order valence-electron chi connectivity index (χ2n) is 4.67. The van der Waals surface area contributed by atoms with Crippen LogP contribution in [0, 0.1) is 0 Å². The van der Waals surface area contributed by atoms with Crippen molar-refractivity contribution in [1.29, 1.82) is 0 Å². The Morgan fingerprint density at radius 3 is 2.24 bits per heavy atom. The smallest absolute Gasteiger partial charge is 0.303 e. The van der Waals surface area contributed by atoms with Gasteiger partial charge in [0.15, 0.2) is 0 Å². The van der Waals surface area contributed by atoms with Crippen molar-refractivity contribution in [3.05, 3.63) is 0 Å². The van der Waals surface area contributed by atoms with E-state index in [1.807, 2.05) is 0 Å². The summed E-state index contributed by atoms with van der Waals surface area (Å²) in [6, 6.07) is 0. The predicted molar refractivity (Wildman–Crippen MR) is 83.4 cm³/mol. The van der Waals surface area contributed by atoms with Gasteiger partial charge in [0.2, 0.25) is 5.91 Å². The third-order valence-corrected chi connectivity index (χ3v) is 2.84. The number of unbranched alkanes of at least 4 members (excludes halogenated alkanes) is 4. The van der Waals surface area contributed by atoms with Crippen LogP contribution in [0.25, 0.3) is 0 Å². The average Bonchev–Trinajstić information content (AvgIpc) is 2.44. The maximum atomic E-state index is 10.4. The van der Waals surface area contributed by atoms with Crippen LogP contribution in [0.1, 0.15) is 38.5 Å². The lowest BCUT2D eigenvalue weighted by molar-refractivity contribution is -0.137. The van der Waals surface area contributed by atoms with E-state index in [-0.39, 0.29) is 18.3 Å². The Kier molecular flexibility index (Phi) is 16.5. The van der Waals surface area contributed by atoms with Crippen molar-refractivity contribution >= 4 is 24.3 Å².